The lowest BCUT2D eigenvalue weighted by Gasteiger charge is -2.32. The van der Waals surface area contributed by atoms with E-state index in [1.54, 1.807) is 12.1 Å². The lowest BCUT2D eigenvalue weighted by molar-refractivity contribution is -0.384. The Labute approximate surface area is 117 Å². The summed E-state index contributed by atoms with van der Waals surface area (Å²) in [7, 11) is 0. The van der Waals surface area contributed by atoms with Gasteiger partial charge in [-0.1, -0.05) is 24.4 Å². The van der Waals surface area contributed by atoms with E-state index in [-0.39, 0.29) is 10.7 Å². The molecule has 3 N–H and O–H groups in total. The summed E-state index contributed by atoms with van der Waals surface area (Å²) in [6, 6.07) is 5.11. The van der Waals surface area contributed by atoms with E-state index in [0.29, 0.717) is 18.5 Å². The van der Waals surface area contributed by atoms with Crippen LogP contribution in [0.1, 0.15) is 25.7 Å². The number of hydrogen-bond donors (Lipinski definition) is 2. The molecule has 0 aromatic heterocycles. The largest absolute Gasteiger partial charge is 0.382 e. The molecule has 0 saturated heterocycles. The lowest BCUT2D eigenvalue weighted by Crippen LogP contribution is -2.36. The maximum Gasteiger partial charge on any atom is 0.289 e. The van der Waals surface area contributed by atoms with Crippen molar-refractivity contribution in [2.45, 2.75) is 31.7 Å². The second-order valence-corrected chi connectivity index (χ2v) is 5.36. The standard InChI is InChI=1S/C13H18ClN3O2/c14-11-6-5-10(7-13(11)17(18)19)16-12-4-2-1-3-9(12)8-15/h5-7,9,12,16H,1-4,8,15H2. The summed E-state index contributed by atoms with van der Waals surface area (Å²) in [6.45, 7) is 0.646. The fourth-order valence-electron chi connectivity index (χ4n) is 2.64. The molecule has 0 spiro atoms. The van der Waals surface area contributed by atoms with Gasteiger partial charge in [0.1, 0.15) is 5.02 Å². The Kier molecular flexibility index (Phi) is 4.61. The van der Waals surface area contributed by atoms with Crippen molar-refractivity contribution in [2.75, 3.05) is 11.9 Å². The van der Waals surface area contributed by atoms with Gasteiger partial charge in [0.25, 0.3) is 5.69 Å². The van der Waals surface area contributed by atoms with Crippen molar-refractivity contribution in [3.8, 4) is 0 Å². The van der Waals surface area contributed by atoms with E-state index < -0.39 is 4.92 Å². The van der Waals surface area contributed by atoms with E-state index in [9.17, 15) is 10.1 Å². The number of nitrogens with zero attached hydrogens (tertiary/aromatic N) is 1. The molecule has 19 heavy (non-hydrogen) atoms. The Hall–Kier alpha value is -1.33. The zero-order valence-corrected chi connectivity index (χ0v) is 11.4. The molecule has 0 bridgehead atoms. The van der Waals surface area contributed by atoms with Crippen molar-refractivity contribution >= 4 is 23.0 Å². The number of nitrogens with one attached hydrogen (secondary N) is 1. The molecule has 2 unspecified atom stereocenters. The van der Waals surface area contributed by atoms with Crippen LogP contribution in [-0.2, 0) is 0 Å². The summed E-state index contributed by atoms with van der Waals surface area (Å²) in [5.74, 6) is 0.434. The normalized spacial score (nSPS) is 23.1. The third-order valence-corrected chi connectivity index (χ3v) is 4.03. The van der Waals surface area contributed by atoms with E-state index in [0.717, 1.165) is 18.5 Å². The second kappa shape index (κ2) is 6.21. The fourth-order valence-corrected chi connectivity index (χ4v) is 2.82. The first-order chi connectivity index (χ1) is 9.11. The number of nitro benzene ring substituents is 1. The third-order valence-electron chi connectivity index (χ3n) is 3.71. The van der Waals surface area contributed by atoms with Crippen LogP contribution < -0.4 is 11.1 Å². The zero-order chi connectivity index (χ0) is 13.8. The predicted octanol–water partition coefficient (Wildman–Crippen LogP) is 3.18. The van der Waals surface area contributed by atoms with Gasteiger partial charge in [-0.2, -0.15) is 0 Å². The van der Waals surface area contributed by atoms with E-state index in [4.69, 9.17) is 17.3 Å². The minimum atomic E-state index is -0.463. The number of anilines is 1. The SMILES string of the molecule is NCC1CCCCC1Nc1ccc(Cl)c([N+](=O)[O-])c1. The smallest absolute Gasteiger partial charge is 0.289 e. The first kappa shape index (κ1) is 14.1. The van der Waals surface area contributed by atoms with Crippen LogP contribution in [0.2, 0.25) is 5.02 Å². The molecule has 2 rings (SSSR count). The Balaban J connectivity index is 2.14. The molecule has 5 nitrogen and oxygen atoms in total. The molecular formula is C13H18ClN3O2. The molecule has 0 radical (unpaired) electrons. The number of nitrogens with two attached hydrogens (primary N) is 1. The second-order valence-electron chi connectivity index (χ2n) is 4.95. The van der Waals surface area contributed by atoms with Gasteiger partial charge >= 0.3 is 0 Å². The van der Waals surface area contributed by atoms with Crippen LogP contribution in [0, 0.1) is 16.0 Å². The van der Waals surface area contributed by atoms with Crippen LogP contribution in [-0.4, -0.2) is 17.5 Å². The molecule has 2 atom stereocenters. The Morgan fingerprint density at radius 2 is 2.16 bits per heavy atom. The van der Waals surface area contributed by atoms with Crippen molar-refractivity contribution in [3.63, 3.8) is 0 Å². The molecule has 0 aliphatic heterocycles. The first-order valence-electron chi connectivity index (χ1n) is 6.52. The fraction of sp³-hybridized carbons (Fsp3) is 0.538. The predicted molar refractivity (Wildman–Crippen MR) is 76.5 cm³/mol. The summed E-state index contributed by atoms with van der Waals surface area (Å²) in [5, 5.41) is 14.4. The van der Waals surface area contributed by atoms with Crippen LogP contribution in [0.3, 0.4) is 0 Å². The summed E-state index contributed by atoms with van der Waals surface area (Å²) in [4.78, 5) is 10.4. The highest BCUT2D eigenvalue weighted by molar-refractivity contribution is 6.32. The van der Waals surface area contributed by atoms with Crippen molar-refractivity contribution in [3.05, 3.63) is 33.3 Å². The lowest BCUT2D eigenvalue weighted by atomic mass is 9.84. The highest BCUT2D eigenvalue weighted by Crippen LogP contribution is 2.30. The number of halogens is 1. The maximum absolute atomic E-state index is 10.9. The Bertz CT molecular complexity index is 467. The topological polar surface area (TPSA) is 81.2 Å². The molecule has 104 valence electrons. The highest BCUT2D eigenvalue weighted by Gasteiger charge is 2.24. The van der Waals surface area contributed by atoms with Crippen molar-refractivity contribution in [2.24, 2.45) is 11.7 Å². The van der Waals surface area contributed by atoms with Gasteiger partial charge in [-0.05, 0) is 37.4 Å². The van der Waals surface area contributed by atoms with Crippen molar-refractivity contribution in [1.82, 2.24) is 0 Å². The van der Waals surface area contributed by atoms with Gasteiger partial charge in [0.15, 0.2) is 0 Å². The molecule has 0 amide bonds. The minimum absolute atomic E-state index is 0.0632. The number of rotatable bonds is 4. The Morgan fingerprint density at radius 3 is 2.84 bits per heavy atom. The first-order valence-corrected chi connectivity index (χ1v) is 6.90. The van der Waals surface area contributed by atoms with E-state index in [1.807, 2.05) is 0 Å². The number of benzene rings is 1. The molecule has 0 heterocycles. The molecule has 1 aromatic carbocycles. The maximum atomic E-state index is 10.9. The van der Waals surface area contributed by atoms with Crippen molar-refractivity contribution < 1.29 is 4.92 Å². The highest BCUT2D eigenvalue weighted by atomic mass is 35.5. The van der Waals surface area contributed by atoms with Gasteiger partial charge in [-0.3, -0.25) is 10.1 Å². The van der Waals surface area contributed by atoms with Gasteiger partial charge in [-0.25, -0.2) is 0 Å². The van der Waals surface area contributed by atoms with E-state index in [2.05, 4.69) is 5.32 Å². The third kappa shape index (κ3) is 3.36. The molecule has 1 aliphatic carbocycles. The molecule has 1 aromatic rings. The average molecular weight is 284 g/mol. The Morgan fingerprint density at radius 1 is 1.42 bits per heavy atom. The quantitative estimate of drug-likeness (QED) is 0.657. The summed E-state index contributed by atoms with van der Waals surface area (Å²) in [5.41, 5.74) is 6.45. The molecule has 1 aliphatic rings. The number of nitro groups is 1. The molecule has 6 heteroatoms. The molecule has 1 saturated carbocycles. The van der Waals surface area contributed by atoms with Crippen LogP contribution in [0.4, 0.5) is 11.4 Å². The van der Waals surface area contributed by atoms with E-state index >= 15 is 0 Å². The van der Waals surface area contributed by atoms with Crippen LogP contribution in [0.15, 0.2) is 18.2 Å². The van der Waals surface area contributed by atoms with Gasteiger partial charge in [-0.15, -0.1) is 0 Å². The molecular weight excluding hydrogens is 266 g/mol. The molecule has 1 fully saturated rings. The van der Waals surface area contributed by atoms with Crippen LogP contribution in [0.5, 0.6) is 0 Å². The summed E-state index contributed by atoms with van der Waals surface area (Å²) in [6.07, 6.45) is 4.55. The van der Waals surface area contributed by atoms with Crippen LogP contribution >= 0.6 is 11.6 Å². The van der Waals surface area contributed by atoms with Gasteiger partial charge in [0.2, 0.25) is 0 Å². The number of hydrogen-bond acceptors (Lipinski definition) is 4. The van der Waals surface area contributed by atoms with E-state index in [1.165, 1.54) is 18.9 Å². The monoisotopic (exact) mass is 283 g/mol. The van der Waals surface area contributed by atoms with Crippen molar-refractivity contribution in [1.29, 1.82) is 0 Å². The summed E-state index contributed by atoms with van der Waals surface area (Å²) < 4.78 is 0. The zero-order valence-electron chi connectivity index (χ0n) is 10.6. The van der Waals surface area contributed by atoms with Crippen LogP contribution in [0.25, 0.3) is 0 Å². The minimum Gasteiger partial charge on any atom is -0.382 e. The van der Waals surface area contributed by atoms with Gasteiger partial charge < -0.3 is 11.1 Å². The van der Waals surface area contributed by atoms with Gasteiger partial charge in [0, 0.05) is 17.8 Å². The average Bonchev–Trinajstić information content (AvgIpc) is 2.41. The van der Waals surface area contributed by atoms with Gasteiger partial charge in [0.05, 0.1) is 4.92 Å². The summed E-state index contributed by atoms with van der Waals surface area (Å²) >= 11 is 5.80.